The van der Waals surface area contributed by atoms with Gasteiger partial charge in [0.15, 0.2) is 0 Å². The van der Waals surface area contributed by atoms with Gasteiger partial charge in [0.25, 0.3) is 5.91 Å². The molecule has 8 heteroatoms. The molecule has 2 aromatic carbocycles. The molecule has 2 rings (SSSR count). The average molecular weight is 436 g/mol. The van der Waals surface area contributed by atoms with Gasteiger partial charge in [-0.15, -0.1) is 0 Å². The van der Waals surface area contributed by atoms with Crippen LogP contribution in [0.5, 0.6) is 11.5 Å². The summed E-state index contributed by atoms with van der Waals surface area (Å²) in [4.78, 5) is 14.7. The van der Waals surface area contributed by atoms with Crippen molar-refractivity contribution in [2.75, 3.05) is 33.1 Å². The van der Waals surface area contributed by atoms with Crippen LogP contribution < -0.4 is 8.92 Å². The smallest absolute Gasteiger partial charge is 0.306 e. The third kappa shape index (κ3) is 8.04. The van der Waals surface area contributed by atoms with E-state index in [4.69, 9.17) is 13.7 Å². The quantitative estimate of drug-likeness (QED) is 0.375. The van der Waals surface area contributed by atoms with Crippen LogP contribution in [-0.2, 0) is 21.4 Å². The molecular formula is C22H29NO6S. The monoisotopic (exact) mass is 435 g/mol. The first-order valence-corrected chi connectivity index (χ1v) is 11.6. The maximum Gasteiger partial charge on any atom is 0.306 e. The Morgan fingerprint density at radius 1 is 1.03 bits per heavy atom. The van der Waals surface area contributed by atoms with E-state index in [1.807, 2.05) is 6.07 Å². The van der Waals surface area contributed by atoms with Crippen LogP contribution in [0.4, 0.5) is 0 Å². The zero-order chi connectivity index (χ0) is 22.0. The number of amides is 1. The molecule has 164 valence electrons. The van der Waals surface area contributed by atoms with Gasteiger partial charge in [0, 0.05) is 25.8 Å². The number of unbranched alkanes of at least 4 members (excludes halogenated alkanes) is 1. The number of methoxy groups -OCH3 is 1. The number of rotatable bonds is 12. The highest BCUT2D eigenvalue weighted by molar-refractivity contribution is 7.86. The maximum absolute atomic E-state index is 13.0. The second-order valence-electron chi connectivity index (χ2n) is 6.88. The highest BCUT2D eigenvalue weighted by Crippen LogP contribution is 2.19. The Bertz CT molecular complexity index is 911. The summed E-state index contributed by atoms with van der Waals surface area (Å²) in [5.41, 5.74) is 1.29. The topological polar surface area (TPSA) is 82.1 Å². The third-order valence-electron chi connectivity index (χ3n) is 4.24. The molecule has 0 bridgehead atoms. The minimum Gasteiger partial charge on any atom is -0.494 e. The summed E-state index contributed by atoms with van der Waals surface area (Å²) in [5.74, 6) is 0.790. The molecule has 0 N–H and O–H groups in total. The van der Waals surface area contributed by atoms with E-state index in [0.29, 0.717) is 25.3 Å². The molecule has 0 aliphatic carbocycles. The highest BCUT2D eigenvalue weighted by atomic mass is 32.2. The lowest BCUT2D eigenvalue weighted by atomic mass is 10.1. The number of nitrogens with zero attached hydrogens (tertiary/aromatic N) is 1. The van der Waals surface area contributed by atoms with Crippen LogP contribution in [0.3, 0.4) is 0 Å². The Hall–Kier alpha value is -2.58. The number of carbonyl (C=O) groups excluding carboxylic acids is 1. The van der Waals surface area contributed by atoms with Crippen molar-refractivity contribution in [2.24, 2.45) is 0 Å². The van der Waals surface area contributed by atoms with Crippen LogP contribution in [0, 0.1) is 0 Å². The summed E-state index contributed by atoms with van der Waals surface area (Å²) >= 11 is 0. The second kappa shape index (κ2) is 11.6. The Morgan fingerprint density at radius 2 is 1.77 bits per heavy atom. The van der Waals surface area contributed by atoms with E-state index in [9.17, 15) is 13.2 Å². The number of hydrogen-bond donors (Lipinski definition) is 0. The zero-order valence-electron chi connectivity index (χ0n) is 17.7. The van der Waals surface area contributed by atoms with Crippen molar-refractivity contribution in [3.8, 4) is 11.5 Å². The molecule has 7 nitrogen and oxygen atoms in total. The van der Waals surface area contributed by atoms with E-state index in [1.54, 1.807) is 54.5 Å². The summed E-state index contributed by atoms with van der Waals surface area (Å²) in [6, 6.07) is 13.7. The molecule has 0 radical (unpaired) electrons. The molecule has 0 saturated heterocycles. The van der Waals surface area contributed by atoms with Gasteiger partial charge in [-0.05, 0) is 48.4 Å². The summed E-state index contributed by atoms with van der Waals surface area (Å²) in [5, 5.41) is 0. The molecule has 0 spiro atoms. The fourth-order valence-corrected chi connectivity index (χ4v) is 3.21. The zero-order valence-corrected chi connectivity index (χ0v) is 18.5. The van der Waals surface area contributed by atoms with Crippen LogP contribution in [0.15, 0.2) is 48.5 Å². The lowest BCUT2D eigenvalue weighted by Crippen LogP contribution is -2.33. The molecule has 30 heavy (non-hydrogen) atoms. The molecule has 1 amide bonds. The highest BCUT2D eigenvalue weighted by Gasteiger charge is 2.17. The minimum atomic E-state index is -3.62. The van der Waals surface area contributed by atoms with Crippen molar-refractivity contribution in [1.29, 1.82) is 0 Å². The lowest BCUT2D eigenvalue weighted by molar-refractivity contribution is 0.0680. The molecule has 0 unspecified atom stereocenters. The van der Waals surface area contributed by atoms with E-state index in [-0.39, 0.29) is 18.2 Å². The van der Waals surface area contributed by atoms with Crippen molar-refractivity contribution < 1.29 is 26.9 Å². The van der Waals surface area contributed by atoms with Crippen molar-refractivity contribution >= 4 is 16.0 Å². The summed E-state index contributed by atoms with van der Waals surface area (Å²) < 4.78 is 38.5. The average Bonchev–Trinajstić information content (AvgIpc) is 2.70. The Labute approximate surface area is 178 Å². The van der Waals surface area contributed by atoms with Gasteiger partial charge in [-0.25, -0.2) is 0 Å². The molecule has 0 fully saturated rings. The van der Waals surface area contributed by atoms with Crippen molar-refractivity contribution in [3.63, 3.8) is 0 Å². The van der Waals surface area contributed by atoms with E-state index in [2.05, 4.69) is 6.92 Å². The molecular weight excluding hydrogens is 406 g/mol. The number of carbonyl (C=O) groups is 1. The first-order chi connectivity index (χ1) is 14.3. The number of hydrogen-bond acceptors (Lipinski definition) is 6. The molecule has 2 aromatic rings. The van der Waals surface area contributed by atoms with Gasteiger partial charge in [-0.3, -0.25) is 4.79 Å². The molecule has 0 aromatic heterocycles. The van der Waals surface area contributed by atoms with Crippen molar-refractivity contribution in [2.45, 2.75) is 26.3 Å². The fourth-order valence-electron chi connectivity index (χ4n) is 2.76. The largest absolute Gasteiger partial charge is 0.494 e. The van der Waals surface area contributed by atoms with Gasteiger partial charge in [-0.1, -0.05) is 25.5 Å². The van der Waals surface area contributed by atoms with E-state index in [1.165, 1.54) is 0 Å². The maximum atomic E-state index is 13.0. The summed E-state index contributed by atoms with van der Waals surface area (Å²) in [7, 11) is -2.05. The third-order valence-corrected chi connectivity index (χ3v) is 4.74. The standard InChI is InChI=1S/C22H29NO6S/c1-4-5-14-28-20-11-9-19(10-12-20)22(24)23(13-15-27-2)17-18-7-6-8-21(16-18)29-30(3,25)26/h6-12,16H,4-5,13-15,17H2,1-3H3. The van der Waals surface area contributed by atoms with Crippen LogP contribution in [-0.4, -0.2) is 52.3 Å². The van der Waals surface area contributed by atoms with Crippen molar-refractivity contribution in [3.05, 3.63) is 59.7 Å². The van der Waals surface area contributed by atoms with Gasteiger partial charge in [-0.2, -0.15) is 8.42 Å². The Morgan fingerprint density at radius 3 is 2.40 bits per heavy atom. The molecule has 0 aliphatic rings. The number of ether oxygens (including phenoxy) is 2. The molecule has 0 saturated carbocycles. The van der Waals surface area contributed by atoms with Crippen LogP contribution >= 0.6 is 0 Å². The Kier molecular flexibility index (Phi) is 9.14. The SMILES string of the molecule is CCCCOc1ccc(C(=O)N(CCOC)Cc2cccc(OS(C)(=O)=O)c2)cc1. The van der Waals surface area contributed by atoms with Gasteiger partial charge in [0.2, 0.25) is 0 Å². The normalized spacial score (nSPS) is 11.2. The lowest BCUT2D eigenvalue weighted by Gasteiger charge is -2.23. The molecule has 0 atom stereocenters. The first kappa shape index (κ1) is 23.7. The Balaban J connectivity index is 2.13. The predicted octanol–water partition coefficient (Wildman–Crippen LogP) is 3.49. The van der Waals surface area contributed by atoms with Crippen LogP contribution in [0.1, 0.15) is 35.7 Å². The summed E-state index contributed by atoms with van der Waals surface area (Å²) in [6.07, 6.45) is 3.03. The predicted molar refractivity (Wildman–Crippen MR) is 115 cm³/mol. The first-order valence-electron chi connectivity index (χ1n) is 9.82. The van der Waals surface area contributed by atoms with E-state index < -0.39 is 10.1 Å². The fraction of sp³-hybridized carbons (Fsp3) is 0.409. The second-order valence-corrected chi connectivity index (χ2v) is 8.46. The van der Waals surface area contributed by atoms with Gasteiger partial charge < -0.3 is 18.6 Å². The van der Waals surface area contributed by atoms with E-state index in [0.717, 1.165) is 30.4 Å². The molecule has 0 aliphatic heterocycles. The minimum absolute atomic E-state index is 0.151. The van der Waals surface area contributed by atoms with Gasteiger partial charge in [0.05, 0.1) is 19.5 Å². The van der Waals surface area contributed by atoms with Gasteiger partial charge in [0.1, 0.15) is 11.5 Å². The van der Waals surface area contributed by atoms with Gasteiger partial charge >= 0.3 is 10.1 Å². The molecule has 0 heterocycles. The summed E-state index contributed by atoms with van der Waals surface area (Å²) in [6.45, 7) is 3.81. The number of benzene rings is 2. The van der Waals surface area contributed by atoms with E-state index >= 15 is 0 Å². The van der Waals surface area contributed by atoms with Crippen LogP contribution in [0.25, 0.3) is 0 Å². The van der Waals surface area contributed by atoms with Crippen molar-refractivity contribution in [1.82, 2.24) is 4.90 Å². The van der Waals surface area contributed by atoms with Crippen LogP contribution in [0.2, 0.25) is 0 Å².